The molecule has 0 aliphatic carbocycles. The van der Waals surface area contributed by atoms with Crippen LogP contribution in [0, 0.1) is 6.92 Å². The van der Waals surface area contributed by atoms with Crippen molar-refractivity contribution in [1.82, 2.24) is 15.5 Å². The minimum absolute atomic E-state index is 0. The second-order valence-electron chi connectivity index (χ2n) is 7.00. The molecule has 0 aromatic heterocycles. The molecule has 1 heterocycles. The Hall–Kier alpha value is -2.09. The molecular formula is C22H29IN4O. The summed E-state index contributed by atoms with van der Waals surface area (Å²) in [7, 11) is 1.78. The van der Waals surface area contributed by atoms with Crippen molar-refractivity contribution in [3.63, 3.8) is 0 Å². The van der Waals surface area contributed by atoms with E-state index in [0.717, 1.165) is 25.5 Å². The normalized spacial score (nSPS) is 14.0. The van der Waals surface area contributed by atoms with E-state index in [2.05, 4.69) is 71.1 Å². The molecule has 0 spiro atoms. The van der Waals surface area contributed by atoms with Gasteiger partial charge in [0.2, 0.25) is 5.91 Å². The molecule has 6 heteroatoms. The van der Waals surface area contributed by atoms with E-state index < -0.39 is 0 Å². The summed E-state index contributed by atoms with van der Waals surface area (Å²) in [6, 6.07) is 16.9. The standard InChI is InChI=1S/C22H28N4O.HI/c1-17-5-7-18(8-6-17)14-24-22(23-2)25-15-19-9-11-20(12-10-19)16-26-13-3-4-21(26)27;/h5-12H,3-4,13-16H2,1-2H3,(H2,23,24,25);1H. The molecule has 0 bridgehead atoms. The number of hydrogen-bond donors (Lipinski definition) is 2. The fourth-order valence-electron chi connectivity index (χ4n) is 3.15. The van der Waals surface area contributed by atoms with Gasteiger partial charge < -0.3 is 15.5 Å². The number of carbonyl (C=O) groups is 1. The van der Waals surface area contributed by atoms with Crippen LogP contribution in [-0.4, -0.2) is 30.4 Å². The summed E-state index contributed by atoms with van der Waals surface area (Å²) in [4.78, 5) is 17.9. The van der Waals surface area contributed by atoms with Crippen LogP contribution >= 0.6 is 24.0 Å². The number of likely N-dealkylation sites (tertiary alicyclic amines) is 1. The van der Waals surface area contributed by atoms with Gasteiger partial charge in [-0.15, -0.1) is 24.0 Å². The smallest absolute Gasteiger partial charge is 0.222 e. The summed E-state index contributed by atoms with van der Waals surface area (Å²) < 4.78 is 0. The molecule has 1 amide bonds. The Bertz CT molecular complexity index is 787. The summed E-state index contributed by atoms with van der Waals surface area (Å²) in [6.07, 6.45) is 1.67. The van der Waals surface area contributed by atoms with E-state index in [4.69, 9.17) is 0 Å². The van der Waals surface area contributed by atoms with Crippen molar-refractivity contribution < 1.29 is 4.79 Å². The number of benzene rings is 2. The van der Waals surface area contributed by atoms with Gasteiger partial charge >= 0.3 is 0 Å². The monoisotopic (exact) mass is 492 g/mol. The van der Waals surface area contributed by atoms with Crippen LogP contribution in [0.1, 0.15) is 35.1 Å². The third kappa shape index (κ3) is 6.51. The van der Waals surface area contributed by atoms with Crippen molar-refractivity contribution >= 4 is 35.8 Å². The van der Waals surface area contributed by atoms with E-state index in [1.165, 1.54) is 22.3 Å². The van der Waals surface area contributed by atoms with Crippen LogP contribution in [0.3, 0.4) is 0 Å². The lowest BCUT2D eigenvalue weighted by molar-refractivity contribution is -0.128. The number of amides is 1. The van der Waals surface area contributed by atoms with Gasteiger partial charge in [-0.1, -0.05) is 54.1 Å². The SMILES string of the molecule is CN=C(NCc1ccc(C)cc1)NCc1ccc(CN2CCCC2=O)cc1.I. The zero-order chi connectivity index (χ0) is 19.1. The number of guanidine groups is 1. The number of nitrogens with one attached hydrogen (secondary N) is 2. The van der Waals surface area contributed by atoms with Crippen LogP contribution in [0.25, 0.3) is 0 Å². The van der Waals surface area contributed by atoms with Gasteiger partial charge in [0.1, 0.15) is 0 Å². The zero-order valence-electron chi connectivity index (χ0n) is 16.6. The maximum Gasteiger partial charge on any atom is 0.222 e. The molecule has 2 N–H and O–H groups in total. The van der Waals surface area contributed by atoms with Gasteiger partial charge in [0, 0.05) is 39.6 Å². The average molecular weight is 492 g/mol. The Kier molecular flexibility index (Phi) is 8.76. The van der Waals surface area contributed by atoms with E-state index in [0.29, 0.717) is 19.5 Å². The van der Waals surface area contributed by atoms with Crippen molar-refractivity contribution in [1.29, 1.82) is 0 Å². The highest BCUT2D eigenvalue weighted by molar-refractivity contribution is 14.0. The largest absolute Gasteiger partial charge is 0.352 e. The maximum absolute atomic E-state index is 11.7. The number of aryl methyl sites for hydroxylation is 1. The van der Waals surface area contributed by atoms with Crippen LogP contribution in [0.5, 0.6) is 0 Å². The first-order valence-electron chi connectivity index (χ1n) is 9.50. The van der Waals surface area contributed by atoms with Gasteiger partial charge in [0.15, 0.2) is 5.96 Å². The highest BCUT2D eigenvalue weighted by Crippen LogP contribution is 2.14. The van der Waals surface area contributed by atoms with Crippen molar-refractivity contribution in [2.75, 3.05) is 13.6 Å². The number of nitrogens with zero attached hydrogens (tertiary/aromatic N) is 2. The molecule has 0 saturated carbocycles. The van der Waals surface area contributed by atoms with E-state index in [1.807, 2.05) is 4.90 Å². The van der Waals surface area contributed by atoms with Crippen molar-refractivity contribution in [2.24, 2.45) is 4.99 Å². The van der Waals surface area contributed by atoms with Crippen LogP contribution < -0.4 is 10.6 Å². The number of halogens is 1. The van der Waals surface area contributed by atoms with E-state index in [9.17, 15) is 4.79 Å². The molecule has 150 valence electrons. The summed E-state index contributed by atoms with van der Waals surface area (Å²) in [6.45, 7) is 5.13. The van der Waals surface area contributed by atoms with Crippen LogP contribution in [-0.2, 0) is 24.4 Å². The van der Waals surface area contributed by atoms with Crippen molar-refractivity contribution in [2.45, 2.75) is 39.4 Å². The molecule has 1 aliphatic heterocycles. The third-order valence-electron chi connectivity index (χ3n) is 4.83. The second-order valence-corrected chi connectivity index (χ2v) is 7.00. The molecule has 2 aromatic rings. The molecular weight excluding hydrogens is 463 g/mol. The number of hydrogen-bond acceptors (Lipinski definition) is 2. The summed E-state index contributed by atoms with van der Waals surface area (Å²) in [5.74, 6) is 1.05. The Morgan fingerprint density at radius 1 is 0.964 bits per heavy atom. The molecule has 0 unspecified atom stereocenters. The molecule has 0 atom stereocenters. The molecule has 28 heavy (non-hydrogen) atoms. The summed E-state index contributed by atoms with van der Waals surface area (Å²) in [5, 5.41) is 6.68. The predicted molar refractivity (Wildman–Crippen MR) is 125 cm³/mol. The van der Waals surface area contributed by atoms with Gasteiger partial charge in [-0.05, 0) is 30.0 Å². The first kappa shape index (κ1) is 22.2. The van der Waals surface area contributed by atoms with Crippen LogP contribution in [0.4, 0.5) is 0 Å². The molecule has 3 rings (SSSR count). The number of carbonyl (C=O) groups excluding carboxylic acids is 1. The molecule has 1 aliphatic rings. The minimum Gasteiger partial charge on any atom is -0.352 e. The van der Waals surface area contributed by atoms with Gasteiger partial charge in [-0.25, -0.2) is 0 Å². The molecule has 1 saturated heterocycles. The Labute approximate surface area is 184 Å². The predicted octanol–water partition coefficient (Wildman–Crippen LogP) is 3.60. The Morgan fingerprint density at radius 2 is 1.50 bits per heavy atom. The Morgan fingerprint density at radius 3 is 2.00 bits per heavy atom. The van der Waals surface area contributed by atoms with Crippen LogP contribution in [0.15, 0.2) is 53.5 Å². The van der Waals surface area contributed by atoms with Gasteiger partial charge in [0.25, 0.3) is 0 Å². The summed E-state index contributed by atoms with van der Waals surface area (Å²) >= 11 is 0. The van der Waals surface area contributed by atoms with Crippen LogP contribution in [0.2, 0.25) is 0 Å². The maximum atomic E-state index is 11.7. The molecule has 5 nitrogen and oxygen atoms in total. The fraction of sp³-hybridized carbons (Fsp3) is 0.364. The second kappa shape index (κ2) is 11.0. The Balaban J connectivity index is 0.00000280. The lowest BCUT2D eigenvalue weighted by atomic mass is 10.1. The molecule has 1 fully saturated rings. The van der Waals surface area contributed by atoms with Crippen molar-refractivity contribution in [3.05, 3.63) is 70.8 Å². The quantitative estimate of drug-likeness (QED) is 0.368. The lowest BCUT2D eigenvalue weighted by Crippen LogP contribution is -2.36. The average Bonchev–Trinajstić information content (AvgIpc) is 3.09. The summed E-state index contributed by atoms with van der Waals surface area (Å²) in [5.41, 5.74) is 4.85. The lowest BCUT2D eigenvalue weighted by Gasteiger charge is -2.16. The first-order valence-corrected chi connectivity index (χ1v) is 9.50. The zero-order valence-corrected chi connectivity index (χ0v) is 18.9. The highest BCUT2D eigenvalue weighted by atomic mass is 127. The topological polar surface area (TPSA) is 56.7 Å². The van der Waals surface area contributed by atoms with E-state index >= 15 is 0 Å². The number of aliphatic imine (C=N–C) groups is 1. The highest BCUT2D eigenvalue weighted by Gasteiger charge is 2.19. The van der Waals surface area contributed by atoms with E-state index in [1.54, 1.807) is 7.05 Å². The first-order chi connectivity index (χ1) is 13.1. The third-order valence-corrected chi connectivity index (χ3v) is 4.83. The van der Waals surface area contributed by atoms with Crippen molar-refractivity contribution in [3.8, 4) is 0 Å². The fourth-order valence-corrected chi connectivity index (χ4v) is 3.15. The molecule has 0 radical (unpaired) electrons. The van der Waals surface area contributed by atoms with E-state index in [-0.39, 0.29) is 29.9 Å². The van der Waals surface area contributed by atoms with Gasteiger partial charge in [-0.3, -0.25) is 9.79 Å². The molecule has 2 aromatic carbocycles. The van der Waals surface area contributed by atoms with Gasteiger partial charge in [0.05, 0.1) is 0 Å². The number of rotatable bonds is 6. The minimum atomic E-state index is 0. The van der Waals surface area contributed by atoms with Gasteiger partial charge in [-0.2, -0.15) is 0 Å².